The normalized spacial score (nSPS) is 18.8. The highest BCUT2D eigenvalue weighted by Crippen LogP contribution is 2.42. The second-order valence-corrected chi connectivity index (χ2v) is 4.82. The van der Waals surface area contributed by atoms with Gasteiger partial charge in [0.25, 0.3) is 0 Å². The summed E-state index contributed by atoms with van der Waals surface area (Å²) in [4.78, 5) is 4.28. The lowest BCUT2D eigenvalue weighted by Gasteiger charge is -2.29. The second kappa shape index (κ2) is 5.51. The van der Waals surface area contributed by atoms with Gasteiger partial charge in [0, 0.05) is 17.7 Å². The van der Waals surface area contributed by atoms with E-state index < -0.39 is 6.10 Å². The molecule has 3 rings (SSSR count). The molecule has 2 unspecified atom stereocenters. The number of methoxy groups -OCH3 is 1. The van der Waals surface area contributed by atoms with E-state index in [0.717, 1.165) is 17.7 Å². The average Bonchev–Trinajstić information content (AvgIpc) is 2.53. The van der Waals surface area contributed by atoms with Crippen molar-refractivity contribution in [2.45, 2.75) is 18.4 Å². The summed E-state index contributed by atoms with van der Waals surface area (Å²) < 4.78 is 10.9. The van der Waals surface area contributed by atoms with E-state index in [1.54, 1.807) is 19.4 Å². The summed E-state index contributed by atoms with van der Waals surface area (Å²) in [6.07, 6.45) is 1.74. The fourth-order valence-corrected chi connectivity index (χ4v) is 2.69. The van der Waals surface area contributed by atoms with Crippen molar-refractivity contribution in [3.8, 4) is 11.5 Å². The van der Waals surface area contributed by atoms with Crippen molar-refractivity contribution in [1.29, 1.82) is 0 Å². The third-order valence-corrected chi connectivity index (χ3v) is 3.69. The summed E-state index contributed by atoms with van der Waals surface area (Å²) in [6.45, 7) is 0.605. The van der Waals surface area contributed by atoms with Crippen molar-refractivity contribution >= 4 is 0 Å². The number of benzene rings is 1. The molecule has 1 aliphatic heterocycles. The van der Waals surface area contributed by atoms with Crippen LogP contribution in [0.3, 0.4) is 0 Å². The number of pyridine rings is 1. The number of rotatable bonds is 3. The zero-order valence-electron chi connectivity index (χ0n) is 11.3. The Labute approximate surface area is 118 Å². The molecule has 20 heavy (non-hydrogen) atoms. The van der Waals surface area contributed by atoms with Gasteiger partial charge >= 0.3 is 0 Å². The zero-order chi connectivity index (χ0) is 13.9. The van der Waals surface area contributed by atoms with Gasteiger partial charge in [0.05, 0.1) is 13.7 Å². The number of aliphatic hydroxyl groups is 1. The van der Waals surface area contributed by atoms with Crippen LogP contribution >= 0.6 is 0 Å². The smallest absolute Gasteiger partial charge is 0.143 e. The van der Waals surface area contributed by atoms with Crippen LogP contribution in [-0.2, 0) is 0 Å². The molecule has 4 nitrogen and oxygen atoms in total. The standard InChI is InChI=1S/C16H17NO3/c1-19-14-7-4-9-17-15(14)16(18)12-8-10-20-13-6-3-2-5-11(12)13/h2-7,9,12,16,18H,8,10H2,1H3. The number of ether oxygens (including phenoxy) is 2. The van der Waals surface area contributed by atoms with E-state index in [4.69, 9.17) is 9.47 Å². The summed E-state index contributed by atoms with van der Waals surface area (Å²) >= 11 is 0. The Morgan fingerprint density at radius 3 is 3.00 bits per heavy atom. The molecule has 0 radical (unpaired) electrons. The lowest BCUT2D eigenvalue weighted by molar-refractivity contribution is 0.111. The first-order chi connectivity index (χ1) is 9.81. The summed E-state index contributed by atoms with van der Waals surface area (Å²) in [5.74, 6) is 1.44. The van der Waals surface area contributed by atoms with E-state index >= 15 is 0 Å². The molecule has 0 saturated heterocycles. The topological polar surface area (TPSA) is 51.6 Å². The molecule has 4 heteroatoms. The molecule has 0 spiro atoms. The Bertz CT molecular complexity index is 600. The van der Waals surface area contributed by atoms with E-state index in [0.29, 0.717) is 18.1 Å². The molecule has 0 aliphatic carbocycles. The molecular weight excluding hydrogens is 254 g/mol. The van der Waals surface area contributed by atoms with Crippen LogP contribution in [0.25, 0.3) is 0 Å². The minimum absolute atomic E-state index is 0.0243. The predicted octanol–water partition coefficient (Wildman–Crippen LogP) is 2.69. The van der Waals surface area contributed by atoms with Gasteiger partial charge in [-0.05, 0) is 24.6 Å². The number of para-hydroxylation sites is 1. The van der Waals surface area contributed by atoms with Gasteiger partial charge in [0.2, 0.25) is 0 Å². The number of hydrogen-bond acceptors (Lipinski definition) is 4. The van der Waals surface area contributed by atoms with Crippen molar-refractivity contribution in [3.05, 3.63) is 53.9 Å². The van der Waals surface area contributed by atoms with Gasteiger partial charge in [-0.2, -0.15) is 0 Å². The highest BCUT2D eigenvalue weighted by atomic mass is 16.5. The lowest BCUT2D eigenvalue weighted by Crippen LogP contribution is -2.21. The summed E-state index contributed by atoms with van der Waals surface area (Å²) in [5.41, 5.74) is 1.61. The van der Waals surface area contributed by atoms with Crippen LogP contribution in [0.15, 0.2) is 42.6 Å². The predicted molar refractivity (Wildman–Crippen MR) is 75.0 cm³/mol. The molecule has 1 aliphatic rings. The molecule has 1 aromatic carbocycles. The maximum Gasteiger partial charge on any atom is 0.143 e. The number of fused-ring (bicyclic) bond motifs is 1. The SMILES string of the molecule is COc1cccnc1C(O)C1CCOc2ccccc21. The number of hydrogen-bond donors (Lipinski definition) is 1. The van der Waals surface area contributed by atoms with Crippen LogP contribution in [0.2, 0.25) is 0 Å². The summed E-state index contributed by atoms with van der Waals surface area (Å²) in [5, 5.41) is 10.7. The first-order valence-electron chi connectivity index (χ1n) is 6.70. The van der Waals surface area contributed by atoms with Gasteiger partial charge in [-0.25, -0.2) is 0 Å². The Morgan fingerprint density at radius 2 is 2.15 bits per heavy atom. The Balaban J connectivity index is 1.97. The van der Waals surface area contributed by atoms with Crippen molar-refractivity contribution < 1.29 is 14.6 Å². The molecule has 0 fully saturated rings. The highest BCUT2D eigenvalue weighted by molar-refractivity contribution is 5.40. The van der Waals surface area contributed by atoms with E-state index in [9.17, 15) is 5.11 Å². The van der Waals surface area contributed by atoms with Crippen LogP contribution in [-0.4, -0.2) is 23.8 Å². The molecule has 2 aromatic rings. The van der Waals surface area contributed by atoms with Gasteiger partial charge in [-0.3, -0.25) is 4.98 Å². The Hall–Kier alpha value is -2.07. The molecule has 0 amide bonds. The molecule has 0 saturated carbocycles. The molecule has 0 bridgehead atoms. The van der Waals surface area contributed by atoms with Crippen molar-refractivity contribution in [2.24, 2.45) is 0 Å². The van der Waals surface area contributed by atoms with Gasteiger partial charge in [-0.1, -0.05) is 18.2 Å². The Morgan fingerprint density at radius 1 is 1.30 bits per heavy atom. The molecule has 2 atom stereocenters. The van der Waals surface area contributed by atoms with E-state index in [2.05, 4.69) is 4.98 Å². The fraction of sp³-hybridized carbons (Fsp3) is 0.312. The van der Waals surface area contributed by atoms with Crippen molar-refractivity contribution in [3.63, 3.8) is 0 Å². The summed E-state index contributed by atoms with van der Waals surface area (Å²) in [7, 11) is 1.59. The number of nitrogens with zero attached hydrogens (tertiary/aromatic N) is 1. The molecule has 1 N–H and O–H groups in total. The molecule has 104 valence electrons. The highest BCUT2D eigenvalue weighted by Gasteiger charge is 2.30. The van der Waals surface area contributed by atoms with Crippen LogP contribution < -0.4 is 9.47 Å². The van der Waals surface area contributed by atoms with Crippen LogP contribution in [0.1, 0.15) is 29.7 Å². The lowest BCUT2D eigenvalue weighted by atomic mass is 9.86. The van der Waals surface area contributed by atoms with Gasteiger partial charge in [0.1, 0.15) is 23.3 Å². The number of aromatic nitrogens is 1. The van der Waals surface area contributed by atoms with Crippen molar-refractivity contribution in [1.82, 2.24) is 4.98 Å². The maximum atomic E-state index is 10.7. The van der Waals surface area contributed by atoms with Gasteiger partial charge < -0.3 is 14.6 Å². The first-order valence-corrected chi connectivity index (χ1v) is 6.70. The third kappa shape index (κ3) is 2.23. The molecule has 1 aromatic heterocycles. The van der Waals surface area contributed by atoms with Gasteiger partial charge in [0.15, 0.2) is 0 Å². The minimum Gasteiger partial charge on any atom is -0.495 e. The van der Waals surface area contributed by atoms with Crippen LogP contribution in [0.5, 0.6) is 11.5 Å². The first kappa shape index (κ1) is 12.9. The van der Waals surface area contributed by atoms with E-state index in [1.165, 1.54) is 0 Å². The average molecular weight is 271 g/mol. The van der Waals surface area contributed by atoms with E-state index in [-0.39, 0.29) is 5.92 Å². The number of aliphatic hydroxyl groups excluding tert-OH is 1. The third-order valence-electron chi connectivity index (χ3n) is 3.69. The summed E-state index contributed by atoms with van der Waals surface area (Å²) in [6, 6.07) is 11.4. The quantitative estimate of drug-likeness (QED) is 0.932. The maximum absolute atomic E-state index is 10.7. The fourth-order valence-electron chi connectivity index (χ4n) is 2.69. The Kier molecular flexibility index (Phi) is 3.56. The van der Waals surface area contributed by atoms with Crippen molar-refractivity contribution in [2.75, 3.05) is 13.7 Å². The molecule has 2 heterocycles. The second-order valence-electron chi connectivity index (χ2n) is 4.82. The largest absolute Gasteiger partial charge is 0.495 e. The zero-order valence-corrected chi connectivity index (χ0v) is 11.3. The van der Waals surface area contributed by atoms with Crippen LogP contribution in [0, 0.1) is 0 Å². The molecular formula is C16H17NO3. The van der Waals surface area contributed by atoms with Crippen LogP contribution in [0.4, 0.5) is 0 Å². The van der Waals surface area contributed by atoms with Gasteiger partial charge in [-0.15, -0.1) is 0 Å². The monoisotopic (exact) mass is 271 g/mol. The van der Waals surface area contributed by atoms with E-state index in [1.807, 2.05) is 30.3 Å². The minimum atomic E-state index is -0.698.